The molecule has 0 aliphatic heterocycles. The van der Waals surface area contributed by atoms with E-state index in [1.165, 1.54) is 6.08 Å². The number of rotatable bonds is 2. The van der Waals surface area contributed by atoms with Crippen LogP contribution >= 0.6 is 0 Å². The van der Waals surface area contributed by atoms with Gasteiger partial charge in [0.2, 0.25) is 0 Å². The van der Waals surface area contributed by atoms with Crippen LogP contribution in [0.5, 0.6) is 0 Å². The highest BCUT2D eigenvalue weighted by Crippen LogP contribution is 1.89. The van der Waals surface area contributed by atoms with Crippen molar-refractivity contribution in [2.45, 2.75) is 6.92 Å². The van der Waals surface area contributed by atoms with Crippen molar-refractivity contribution in [2.75, 3.05) is 0 Å². The van der Waals surface area contributed by atoms with Gasteiger partial charge in [-0.15, -0.1) is 0 Å². The molecule has 0 rings (SSSR count). The molecule has 1 N–H and O–H groups in total. The summed E-state index contributed by atoms with van der Waals surface area (Å²) in [5, 5.41) is 8.16. The van der Waals surface area contributed by atoms with E-state index in [9.17, 15) is 4.79 Å². The van der Waals surface area contributed by atoms with Crippen LogP contribution in [0.3, 0.4) is 0 Å². The van der Waals surface area contributed by atoms with Gasteiger partial charge in [-0.05, 0) is 6.92 Å². The van der Waals surface area contributed by atoms with Crippen LogP contribution in [0.4, 0.5) is 0 Å². The number of carbonyl (C=O) groups is 1. The summed E-state index contributed by atoms with van der Waals surface area (Å²) in [6.07, 6.45) is 3.08. The number of allylic oxidation sites excluding steroid dienone is 1. The van der Waals surface area contributed by atoms with E-state index in [2.05, 4.69) is 6.58 Å². The lowest BCUT2D eigenvalue weighted by molar-refractivity contribution is -0.132. The van der Waals surface area contributed by atoms with Gasteiger partial charge in [0.05, 0.1) is 5.57 Å². The minimum absolute atomic E-state index is 0.118. The zero-order valence-electron chi connectivity index (χ0n) is 4.72. The molecule has 44 valence electrons. The molecular formula is C6H8O2. The van der Waals surface area contributed by atoms with Gasteiger partial charge in [0.15, 0.2) is 0 Å². The Balaban J connectivity index is 3.85. The Bertz CT molecular complexity index is 133. The quantitative estimate of drug-likeness (QED) is 0.430. The average molecular weight is 112 g/mol. The first kappa shape index (κ1) is 6.95. The van der Waals surface area contributed by atoms with E-state index in [1.54, 1.807) is 13.0 Å². The van der Waals surface area contributed by atoms with Crippen LogP contribution in [-0.4, -0.2) is 11.1 Å². The van der Waals surface area contributed by atoms with Crippen molar-refractivity contribution in [2.24, 2.45) is 0 Å². The maximum atomic E-state index is 9.94. The first-order chi connectivity index (χ1) is 3.68. The average Bonchev–Trinajstić information content (AvgIpc) is 1.67. The predicted octanol–water partition coefficient (Wildman–Crippen LogP) is 1.20. The Morgan fingerprint density at radius 3 is 2.38 bits per heavy atom. The fourth-order valence-corrected chi connectivity index (χ4v) is 0.272. The molecule has 0 atom stereocenters. The standard InChI is InChI=1S/C6H8O2/c1-3-4-5(2)6(7)8/h3-4H,2H2,1H3,(H,7,8)/b4-3-. The lowest BCUT2D eigenvalue weighted by Gasteiger charge is -1.84. The van der Waals surface area contributed by atoms with Gasteiger partial charge in [-0.1, -0.05) is 18.7 Å². The summed E-state index contributed by atoms with van der Waals surface area (Å²) in [5.41, 5.74) is 0.118. The molecule has 0 aromatic rings. The molecular weight excluding hydrogens is 104 g/mol. The van der Waals surface area contributed by atoms with E-state index in [4.69, 9.17) is 5.11 Å². The minimum Gasteiger partial charge on any atom is -0.478 e. The topological polar surface area (TPSA) is 37.3 Å². The van der Waals surface area contributed by atoms with Crippen LogP contribution in [0.2, 0.25) is 0 Å². The van der Waals surface area contributed by atoms with Crippen LogP contribution in [0.25, 0.3) is 0 Å². The third kappa shape index (κ3) is 2.18. The monoisotopic (exact) mass is 112 g/mol. The van der Waals surface area contributed by atoms with E-state index >= 15 is 0 Å². The maximum absolute atomic E-state index is 9.94. The zero-order valence-corrected chi connectivity index (χ0v) is 4.72. The molecule has 2 heteroatoms. The summed E-state index contributed by atoms with van der Waals surface area (Å²) in [4.78, 5) is 9.94. The normalized spacial score (nSPS) is 9.62. The summed E-state index contributed by atoms with van der Waals surface area (Å²) < 4.78 is 0. The van der Waals surface area contributed by atoms with Crippen LogP contribution < -0.4 is 0 Å². The van der Waals surface area contributed by atoms with E-state index in [-0.39, 0.29) is 5.57 Å². The summed E-state index contributed by atoms with van der Waals surface area (Å²) in [6, 6.07) is 0. The number of carboxylic acid groups (broad SMARTS) is 1. The number of aliphatic carboxylic acids is 1. The minimum atomic E-state index is -0.969. The van der Waals surface area contributed by atoms with Gasteiger partial charge < -0.3 is 5.11 Å². The highest BCUT2D eigenvalue weighted by atomic mass is 16.4. The molecule has 0 spiro atoms. The molecule has 0 saturated heterocycles. The Kier molecular flexibility index (Phi) is 2.62. The largest absolute Gasteiger partial charge is 0.478 e. The number of carboxylic acids is 1. The summed E-state index contributed by atoms with van der Waals surface area (Å²) >= 11 is 0. The van der Waals surface area contributed by atoms with Crippen LogP contribution in [-0.2, 0) is 4.79 Å². The fraction of sp³-hybridized carbons (Fsp3) is 0.167. The molecule has 0 heterocycles. The van der Waals surface area contributed by atoms with Crippen molar-refractivity contribution < 1.29 is 9.90 Å². The molecule has 0 aliphatic rings. The fourth-order valence-electron chi connectivity index (χ4n) is 0.272. The van der Waals surface area contributed by atoms with Crippen LogP contribution in [0.1, 0.15) is 6.92 Å². The SMILES string of the molecule is C=C(/C=C\C)C(=O)O. The Hall–Kier alpha value is -1.05. The smallest absolute Gasteiger partial charge is 0.335 e. The highest BCUT2D eigenvalue weighted by molar-refractivity contribution is 5.88. The highest BCUT2D eigenvalue weighted by Gasteiger charge is 1.94. The van der Waals surface area contributed by atoms with Gasteiger partial charge >= 0.3 is 5.97 Å². The first-order valence-electron chi connectivity index (χ1n) is 2.23. The van der Waals surface area contributed by atoms with Crippen molar-refractivity contribution in [3.05, 3.63) is 24.3 Å². The molecule has 0 unspecified atom stereocenters. The lowest BCUT2D eigenvalue weighted by Crippen LogP contribution is -1.94. The second-order valence-electron chi connectivity index (χ2n) is 1.33. The van der Waals surface area contributed by atoms with E-state index < -0.39 is 5.97 Å². The van der Waals surface area contributed by atoms with Gasteiger partial charge in [0.25, 0.3) is 0 Å². The number of hydrogen-bond acceptors (Lipinski definition) is 1. The van der Waals surface area contributed by atoms with Crippen molar-refractivity contribution in [3.63, 3.8) is 0 Å². The molecule has 0 saturated carbocycles. The molecule has 0 radical (unpaired) electrons. The summed E-state index contributed by atoms with van der Waals surface area (Å²) in [6.45, 7) is 5.00. The lowest BCUT2D eigenvalue weighted by atomic mass is 10.3. The van der Waals surface area contributed by atoms with Crippen LogP contribution in [0.15, 0.2) is 24.3 Å². The summed E-state index contributed by atoms with van der Waals surface area (Å²) in [7, 11) is 0. The third-order valence-electron chi connectivity index (χ3n) is 0.643. The van der Waals surface area contributed by atoms with Gasteiger partial charge in [-0.3, -0.25) is 0 Å². The molecule has 0 aromatic carbocycles. The predicted molar refractivity (Wildman–Crippen MR) is 31.6 cm³/mol. The molecule has 2 nitrogen and oxygen atoms in total. The summed E-state index contributed by atoms with van der Waals surface area (Å²) in [5.74, 6) is -0.969. The molecule has 0 amide bonds. The first-order valence-corrected chi connectivity index (χ1v) is 2.23. The van der Waals surface area contributed by atoms with Crippen molar-refractivity contribution in [1.82, 2.24) is 0 Å². The molecule has 0 aromatic heterocycles. The van der Waals surface area contributed by atoms with Gasteiger partial charge in [-0.25, -0.2) is 4.79 Å². The van der Waals surface area contributed by atoms with Crippen molar-refractivity contribution >= 4 is 5.97 Å². The number of hydrogen-bond donors (Lipinski definition) is 1. The Labute approximate surface area is 48.1 Å². The second-order valence-corrected chi connectivity index (χ2v) is 1.33. The maximum Gasteiger partial charge on any atom is 0.335 e. The zero-order chi connectivity index (χ0) is 6.57. The van der Waals surface area contributed by atoms with E-state index in [1.807, 2.05) is 0 Å². The molecule has 8 heavy (non-hydrogen) atoms. The third-order valence-corrected chi connectivity index (χ3v) is 0.643. The second kappa shape index (κ2) is 3.02. The van der Waals surface area contributed by atoms with Gasteiger partial charge in [0.1, 0.15) is 0 Å². The van der Waals surface area contributed by atoms with E-state index in [0.717, 1.165) is 0 Å². The van der Waals surface area contributed by atoms with Gasteiger partial charge in [0, 0.05) is 0 Å². The molecule has 0 bridgehead atoms. The Morgan fingerprint density at radius 2 is 2.25 bits per heavy atom. The van der Waals surface area contributed by atoms with Crippen molar-refractivity contribution in [3.8, 4) is 0 Å². The molecule has 0 fully saturated rings. The van der Waals surface area contributed by atoms with Gasteiger partial charge in [-0.2, -0.15) is 0 Å². The Morgan fingerprint density at radius 1 is 1.75 bits per heavy atom. The van der Waals surface area contributed by atoms with Crippen molar-refractivity contribution in [1.29, 1.82) is 0 Å². The van der Waals surface area contributed by atoms with Crippen LogP contribution in [0, 0.1) is 0 Å². The molecule has 0 aliphatic carbocycles. The van der Waals surface area contributed by atoms with E-state index in [0.29, 0.717) is 0 Å².